The molecule has 0 aliphatic heterocycles. The van der Waals surface area contributed by atoms with Gasteiger partial charge in [-0.15, -0.1) is 0 Å². The first kappa shape index (κ1) is 15.0. The van der Waals surface area contributed by atoms with E-state index in [-0.39, 0.29) is 0 Å². The van der Waals surface area contributed by atoms with E-state index >= 15 is 0 Å². The summed E-state index contributed by atoms with van der Waals surface area (Å²) in [7, 11) is 0. The highest BCUT2D eigenvalue weighted by Gasteiger charge is 2.24. The molecule has 2 nitrogen and oxygen atoms in total. The van der Waals surface area contributed by atoms with Crippen LogP contribution in [0.15, 0.2) is 34.8 Å². The van der Waals surface area contributed by atoms with Crippen LogP contribution in [-0.2, 0) is 0 Å². The molecule has 1 aromatic heterocycles. The second kappa shape index (κ2) is 6.89. The number of pyridine rings is 1. The maximum absolute atomic E-state index is 4.92. The number of hydrogen-bond donors (Lipinski definition) is 1. The first-order valence-corrected chi connectivity index (χ1v) is 8.85. The Morgan fingerprint density at radius 3 is 2.90 bits per heavy atom. The Labute approximate surface area is 135 Å². The predicted octanol–water partition coefficient (Wildman–Crippen LogP) is 5.23. The lowest BCUT2D eigenvalue weighted by Crippen LogP contribution is -2.23. The van der Waals surface area contributed by atoms with Crippen LogP contribution < -0.4 is 5.32 Å². The highest BCUT2D eigenvalue weighted by atomic mass is 79.9. The zero-order valence-electron chi connectivity index (χ0n) is 12.6. The summed E-state index contributed by atoms with van der Waals surface area (Å²) in [5, 5.41) is 4.88. The number of para-hydroxylation sites is 1. The zero-order chi connectivity index (χ0) is 14.7. The number of rotatable bonds is 7. The molecule has 1 aliphatic carbocycles. The molecule has 1 aliphatic rings. The van der Waals surface area contributed by atoms with E-state index in [1.54, 1.807) is 0 Å². The second-order valence-corrected chi connectivity index (χ2v) is 6.93. The normalized spacial score (nSPS) is 16.3. The number of halogens is 1. The van der Waals surface area contributed by atoms with Crippen LogP contribution in [0.4, 0.5) is 0 Å². The van der Waals surface area contributed by atoms with E-state index in [9.17, 15) is 0 Å². The van der Waals surface area contributed by atoms with E-state index in [2.05, 4.69) is 58.5 Å². The van der Waals surface area contributed by atoms with Gasteiger partial charge in [-0.25, -0.2) is 4.98 Å². The molecular weight excluding hydrogens is 324 g/mol. The molecule has 112 valence electrons. The van der Waals surface area contributed by atoms with Gasteiger partial charge in [0.15, 0.2) is 0 Å². The van der Waals surface area contributed by atoms with E-state index in [0.29, 0.717) is 6.04 Å². The molecule has 1 heterocycles. The number of nitrogens with one attached hydrogen (secondary N) is 1. The summed E-state index contributed by atoms with van der Waals surface area (Å²) in [6.07, 6.45) is 6.52. The molecule has 21 heavy (non-hydrogen) atoms. The topological polar surface area (TPSA) is 24.9 Å². The minimum absolute atomic E-state index is 0.365. The van der Waals surface area contributed by atoms with Crippen molar-refractivity contribution in [3.05, 3.63) is 40.5 Å². The number of hydrogen-bond acceptors (Lipinski definition) is 2. The quantitative estimate of drug-likeness (QED) is 0.742. The molecule has 1 aromatic carbocycles. The summed E-state index contributed by atoms with van der Waals surface area (Å²) in [4.78, 5) is 4.92. The molecule has 0 amide bonds. The first-order chi connectivity index (χ1) is 10.3. The van der Waals surface area contributed by atoms with Crippen LogP contribution in [0.3, 0.4) is 0 Å². The van der Waals surface area contributed by atoms with Crippen molar-refractivity contribution in [1.82, 2.24) is 10.3 Å². The minimum Gasteiger partial charge on any atom is -0.309 e. The van der Waals surface area contributed by atoms with Crippen LogP contribution in [0.1, 0.15) is 50.8 Å². The van der Waals surface area contributed by atoms with E-state index in [1.807, 2.05) is 0 Å². The van der Waals surface area contributed by atoms with Gasteiger partial charge in [0.2, 0.25) is 0 Å². The van der Waals surface area contributed by atoms with Gasteiger partial charge in [-0.2, -0.15) is 0 Å². The maximum atomic E-state index is 4.92. The van der Waals surface area contributed by atoms with Crippen molar-refractivity contribution in [3.8, 4) is 0 Å². The fraction of sp³-hybridized carbons (Fsp3) is 0.500. The molecule has 1 fully saturated rings. The zero-order valence-corrected chi connectivity index (χ0v) is 14.2. The van der Waals surface area contributed by atoms with Crippen molar-refractivity contribution in [2.24, 2.45) is 5.92 Å². The molecule has 1 unspecified atom stereocenters. The second-order valence-electron chi connectivity index (χ2n) is 6.08. The van der Waals surface area contributed by atoms with Gasteiger partial charge < -0.3 is 5.32 Å². The fourth-order valence-electron chi connectivity index (χ4n) is 2.81. The number of benzene rings is 1. The van der Waals surface area contributed by atoms with Gasteiger partial charge in [0.25, 0.3) is 0 Å². The van der Waals surface area contributed by atoms with E-state index in [0.717, 1.165) is 28.9 Å². The summed E-state index contributed by atoms with van der Waals surface area (Å²) in [5.41, 5.74) is 2.26. The summed E-state index contributed by atoms with van der Waals surface area (Å²) in [6, 6.07) is 10.9. The number of aromatic nitrogens is 1. The van der Waals surface area contributed by atoms with Gasteiger partial charge in [-0.3, -0.25) is 0 Å². The average molecular weight is 347 g/mol. The molecular formula is C18H23BrN2. The Morgan fingerprint density at radius 1 is 1.33 bits per heavy atom. The molecule has 0 bridgehead atoms. The summed E-state index contributed by atoms with van der Waals surface area (Å²) in [5.74, 6) is 0.968. The third kappa shape index (κ3) is 3.83. The molecule has 1 saturated carbocycles. The number of fused-ring (bicyclic) bond motifs is 1. The Balaban J connectivity index is 1.86. The molecule has 1 atom stereocenters. The van der Waals surface area contributed by atoms with Crippen molar-refractivity contribution < 1.29 is 0 Å². The van der Waals surface area contributed by atoms with Gasteiger partial charge >= 0.3 is 0 Å². The first-order valence-electron chi connectivity index (χ1n) is 8.06. The molecule has 1 N–H and O–H groups in total. The Bertz CT molecular complexity index is 607. The molecule has 3 heteroatoms. The van der Waals surface area contributed by atoms with Crippen molar-refractivity contribution in [2.45, 2.75) is 45.1 Å². The van der Waals surface area contributed by atoms with E-state index in [1.165, 1.54) is 36.8 Å². The Morgan fingerprint density at radius 2 is 2.14 bits per heavy atom. The Hall–Kier alpha value is -0.930. The van der Waals surface area contributed by atoms with Gasteiger partial charge in [0, 0.05) is 9.86 Å². The monoisotopic (exact) mass is 346 g/mol. The lowest BCUT2D eigenvalue weighted by atomic mass is 10.0. The average Bonchev–Trinajstić information content (AvgIpc) is 3.31. The summed E-state index contributed by atoms with van der Waals surface area (Å²) >= 11 is 3.73. The van der Waals surface area contributed by atoms with Crippen LogP contribution in [0.5, 0.6) is 0 Å². The molecule has 0 radical (unpaired) electrons. The highest BCUT2D eigenvalue weighted by molar-refractivity contribution is 9.10. The van der Waals surface area contributed by atoms with Crippen molar-refractivity contribution in [3.63, 3.8) is 0 Å². The van der Waals surface area contributed by atoms with E-state index in [4.69, 9.17) is 4.98 Å². The third-order valence-electron chi connectivity index (χ3n) is 4.24. The van der Waals surface area contributed by atoms with Gasteiger partial charge in [0.05, 0.1) is 17.3 Å². The molecule has 2 aromatic rings. The lowest BCUT2D eigenvalue weighted by molar-refractivity contribution is 0.461. The third-order valence-corrected chi connectivity index (χ3v) is 4.87. The molecule has 0 saturated heterocycles. The molecule has 0 spiro atoms. The number of nitrogens with zero attached hydrogens (tertiary/aromatic N) is 1. The smallest absolute Gasteiger partial charge is 0.0722 e. The van der Waals surface area contributed by atoms with Crippen molar-refractivity contribution in [2.75, 3.05) is 6.54 Å². The minimum atomic E-state index is 0.365. The maximum Gasteiger partial charge on any atom is 0.0722 e. The van der Waals surface area contributed by atoms with E-state index < -0.39 is 0 Å². The summed E-state index contributed by atoms with van der Waals surface area (Å²) < 4.78 is 1.13. The Kier molecular flexibility index (Phi) is 4.91. The predicted molar refractivity (Wildman–Crippen MR) is 92.4 cm³/mol. The SMILES string of the molecule is CCCNC(CCC1CC1)c1nc2ccccc2cc1Br. The van der Waals surface area contributed by atoms with Gasteiger partial charge in [-0.05, 0) is 59.8 Å². The fourth-order valence-corrected chi connectivity index (χ4v) is 3.42. The van der Waals surface area contributed by atoms with Crippen LogP contribution in [0, 0.1) is 5.92 Å². The standard InChI is InChI=1S/C18H23BrN2/c1-2-11-20-17(10-9-13-7-8-13)18-15(19)12-14-5-3-4-6-16(14)21-18/h3-6,12-13,17,20H,2,7-11H2,1H3. The van der Waals surface area contributed by atoms with Crippen LogP contribution in [0.25, 0.3) is 10.9 Å². The van der Waals surface area contributed by atoms with Crippen LogP contribution in [0.2, 0.25) is 0 Å². The lowest BCUT2D eigenvalue weighted by Gasteiger charge is -2.20. The molecule has 3 rings (SSSR count). The van der Waals surface area contributed by atoms with Gasteiger partial charge in [0.1, 0.15) is 0 Å². The van der Waals surface area contributed by atoms with Gasteiger partial charge in [-0.1, -0.05) is 38.0 Å². The van der Waals surface area contributed by atoms with Crippen molar-refractivity contribution in [1.29, 1.82) is 0 Å². The highest BCUT2D eigenvalue weighted by Crippen LogP contribution is 2.37. The van der Waals surface area contributed by atoms with Crippen molar-refractivity contribution >= 4 is 26.8 Å². The van der Waals surface area contributed by atoms with Crippen LogP contribution >= 0.6 is 15.9 Å². The van der Waals surface area contributed by atoms with Crippen LogP contribution in [-0.4, -0.2) is 11.5 Å². The summed E-state index contributed by atoms with van der Waals surface area (Å²) in [6.45, 7) is 3.27. The largest absolute Gasteiger partial charge is 0.309 e.